The van der Waals surface area contributed by atoms with Crippen molar-refractivity contribution in [2.45, 2.75) is 6.92 Å². The normalized spacial score (nSPS) is 9.83. The number of hydrogen-bond donors (Lipinski definition) is 3. The van der Waals surface area contributed by atoms with E-state index >= 15 is 0 Å². The maximum Gasteiger partial charge on any atom is 0.269 e. The molecule has 0 aliphatic heterocycles. The first-order chi connectivity index (χ1) is 11.0. The number of hydrazine groups is 1. The van der Waals surface area contributed by atoms with Gasteiger partial charge in [0.15, 0.2) is 5.11 Å². The summed E-state index contributed by atoms with van der Waals surface area (Å²) in [5.74, 6) is -1.32. The van der Waals surface area contributed by atoms with Crippen molar-refractivity contribution in [1.82, 2.24) is 16.2 Å². The van der Waals surface area contributed by atoms with Gasteiger partial charge in [0.2, 0.25) is 0 Å². The van der Waals surface area contributed by atoms with E-state index in [1.54, 1.807) is 12.1 Å². The van der Waals surface area contributed by atoms with E-state index in [4.69, 9.17) is 12.2 Å². The van der Waals surface area contributed by atoms with Gasteiger partial charge in [0.25, 0.3) is 11.8 Å². The summed E-state index contributed by atoms with van der Waals surface area (Å²) in [6.07, 6.45) is 0. The van der Waals surface area contributed by atoms with Gasteiger partial charge in [-0.15, -0.1) is 0 Å². The lowest BCUT2D eigenvalue weighted by Crippen LogP contribution is -2.48. The first-order valence-electron chi connectivity index (χ1n) is 6.70. The van der Waals surface area contributed by atoms with Gasteiger partial charge in [-0.1, -0.05) is 18.2 Å². The topological polar surface area (TPSA) is 70.2 Å². The Hall–Kier alpha value is -2.80. The molecule has 0 aliphatic rings. The smallest absolute Gasteiger partial charge is 0.269 e. The van der Waals surface area contributed by atoms with E-state index in [1.807, 2.05) is 19.1 Å². The summed E-state index contributed by atoms with van der Waals surface area (Å²) in [5, 5.41) is 2.31. The molecule has 2 aromatic rings. The Bertz CT molecular complexity index is 747. The molecule has 0 fully saturated rings. The standard InChI is InChI=1S/C16H14FN3O2S/c1-10-4-2-3-5-13(10)15(22)19-20-16(23)18-14(21)11-6-8-12(17)9-7-11/h2-9H,1H3,(H,19,22)(H2,18,20,21,23). The van der Waals surface area contributed by atoms with Crippen LogP contribution in [0.15, 0.2) is 48.5 Å². The predicted octanol–water partition coefficient (Wildman–Crippen LogP) is 2.08. The van der Waals surface area contributed by atoms with Gasteiger partial charge in [-0.2, -0.15) is 0 Å². The number of nitrogens with one attached hydrogen (secondary N) is 3. The predicted molar refractivity (Wildman–Crippen MR) is 88.2 cm³/mol. The summed E-state index contributed by atoms with van der Waals surface area (Å²) in [6.45, 7) is 1.81. The van der Waals surface area contributed by atoms with Gasteiger partial charge < -0.3 is 0 Å². The van der Waals surface area contributed by atoms with Crippen molar-refractivity contribution in [3.63, 3.8) is 0 Å². The fourth-order valence-corrected chi connectivity index (χ4v) is 1.96. The van der Waals surface area contributed by atoms with Crippen LogP contribution in [-0.4, -0.2) is 16.9 Å². The Morgan fingerprint density at radius 1 is 0.957 bits per heavy atom. The highest BCUT2D eigenvalue weighted by Crippen LogP contribution is 2.06. The van der Waals surface area contributed by atoms with Gasteiger partial charge in [-0.3, -0.25) is 25.8 Å². The largest absolute Gasteiger partial charge is 0.298 e. The van der Waals surface area contributed by atoms with Crippen LogP contribution in [0.1, 0.15) is 26.3 Å². The van der Waals surface area contributed by atoms with Gasteiger partial charge in [0.05, 0.1) is 0 Å². The molecule has 5 nitrogen and oxygen atoms in total. The summed E-state index contributed by atoms with van der Waals surface area (Å²) in [4.78, 5) is 23.8. The summed E-state index contributed by atoms with van der Waals surface area (Å²) in [5.41, 5.74) is 6.40. The Morgan fingerprint density at radius 3 is 2.26 bits per heavy atom. The number of halogens is 1. The van der Waals surface area contributed by atoms with Gasteiger partial charge in [-0.05, 0) is 55.0 Å². The molecule has 0 spiro atoms. The number of amides is 2. The van der Waals surface area contributed by atoms with E-state index in [2.05, 4.69) is 16.2 Å². The zero-order chi connectivity index (χ0) is 16.8. The summed E-state index contributed by atoms with van der Waals surface area (Å²) in [6, 6.07) is 12.1. The van der Waals surface area contributed by atoms with E-state index in [9.17, 15) is 14.0 Å². The molecule has 0 unspecified atom stereocenters. The number of carbonyl (C=O) groups is 2. The highest BCUT2D eigenvalue weighted by atomic mass is 32.1. The molecule has 0 radical (unpaired) electrons. The maximum absolute atomic E-state index is 12.8. The highest BCUT2D eigenvalue weighted by molar-refractivity contribution is 7.80. The van der Waals surface area contributed by atoms with Crippen LogP contribution >= 0.6 is 12.2 Å². The quantitative estimate of drug-likeness (QED) is 0.582. The van der Waals surface area contributed by atoms with Crippen molar-refractivity contribution < 1.29 is 14.0 Å². The maximum atomic E-state index is 12.8. The minimum absolute atomic E-state index is 0.0683. The molecular weight excluding hydrogens is 317 g/mol. The third-order valence-electron chi connectivity index (χ3n) is 3.01. The van der Waals surface area contributed by atoms with Gasteiger partial charge >= 0.3 is 0 Å². The number of thiocarbonyl (C=S) groups is 1. The first kappa shape index (κ1) is 16.6. The van der Waals surface area contributed by atoms with Crippen LogP contribution in [0, 0.1) is 12.7 Å². The first-order valence-corrected chi connectivity index (χ1v) is 7.11. The van der Waals surface area contributed by atoms with E-state index in [1.165, 1.54) is 24.3 Å². The molecule has 2 rings (SSSR count). The Labute approximate surface area is 137 Å². The number of rotatable bonds is 2. The SMILES string of the molecule is Cc1ccccc1C(=O)NNC(=S)NC(=O)c1ccc(F)cc1. The highest BCUT2D eigenvalue weighted by Gasteiger charge is 2.10. The van der Waals surface area contributed by atoms with Crippen molar-refractivity contribution in [3.05, 3.63) is 71.0 Å². The molecule has 23 heavy (non-hydrogen) atoms. The molecule has 2 aromatic carbocycles. The monoisotopic (exact) mass is 331 g/mol. The van der Waals surface area contributed by atoms with E-state index in [0.717, 1.165) is 5.56 Å². The third-order valence-corrected chi connectivity index (χ3v) is 3.22. The van der Waals surface area contributed by atoms with Crippen molar-refractivity contribution in [3.8, 4) is 0 Å². The minimum Gasteiger partial charge on any atom is -0.298 e. The molecule has 118 valence electrons. The summed E-state index contributed by atoms with van der Waals surface area (Å²) in [7, 11) is 0. The molecule has 2 amide bonds. The third kappa shape index (κ3) is 4.58. The van der Waals surface area contributed by atoms with Crippen LogP contribution in [0.25, 0.3) is 0 Å². The van der Waals surface area contributed by atoms with Gasteiger partial charge in [0.1, 0.15) is 5.82 Å². The van der Waals surface area contributed by atoms with Crippen LogP contribution in [0.3, 0.4) is 0 Å². The average molecular weight is 331 g/mol. The van der Waals surface area contributed by atoms with Crippen LogP contribution in [0.5, 0.6) is 0 Å². The molecule has 3 N–H and O–H groups in total. The van der Waals surface area contributed by atoms with Crippen LogP contribution in [0.2, 0.25) is 0 Å². The zero-order valence-electron chi connectivity index (χ0n) is 12.2. The second kappa shape index (κ2) is 7.46. The van der Waals surface area contributed by atoms with Gasteiger partial charge in [-0.25, -0.2) is 4.39 Å². The van der Waals surface area contributed by atoms with Gasteiger partial charge in [0, 0.05) is 11.1 Å². The van der Waals surface area contributed by atoms with Crippen LogP contribution in [-0.2, 0) is 0 Å². The van der Waals surface area contributed by atoms with Crippen molar-refractivity contribution in [2.75, 3.05) is 0 Å². The molecule has 0 aliphatic carbocycles. The summed E-state index contributed by atoms with van der Waals surface area (Å²) < 4.78 is 12.8. The number of hydrogen-bond acceptors (Lipinski definition) is 3. The number of aryl methyl sites for hydroxylation is 1. The molecule has 0 aromatic heterocycles. The fourth-order valence-electron chi connectivity index (χ4n) is 1.82. The molecular formula is C16H14FN3O2S. The van der Waals surface area contributed by atoms with Crippen molar-refractivity contribution in [1.29, 1.82) is 0 Å². The van der Waals surface area contributed by atoms with E-state index in [0.29, 0.717) is 5.56 Å². The number of benzene rings is 2. The molecule has 0 saturated carbocycles. The second-order valence-electron chi connectivity index (χ2n) is 4.68. The molecule has 7 heteroatoms. The molecule has 0 heterocycles. The van der Waals surface area contributed by atoms with E-state index in [-0.39, 0.29) is 16.6 Å². The Morgan fingerprint density at radius 2 is 1.61 bits per heavy atom. The molecule has 0 saturated heterocycles. The lowest BCUT2D eigenvalue weighted by molar-refractivity contribution is 0.0934. The minimum atomic E-state index is -0.507. The van der Waals surface area contributed by atoms with Crippen LogP contribution < -0.4 is 16.2 Å². The van der Waals surface area contributed by atoms with Crippen molar-refractivity contribution in [2.24, 2.45) is 0 Å². The Balaban J connectivity index is 1.88. The number of carbonyl (C=O) groups excluding carboxylic acids is 2. The van der Waals surface area contributed by atoms with Crippen molar-refractivity contribution >= 4 is 29.1 Å². The fraction of sp³-hybridized carbons (Fsp3) is 0.0625. The lowest BCUT2D eigenvalue weighted by Gasteiger charge is -2.11. The van der Waals surface area contributed by atoms with E-state index < -0.39 is 11.7 Å². The lowest BCUT2D eigenvalue weighted by atomic mass is 10.1. The molecule has 0 atom stereocenters. The average Bonchev–Trinajstić information content (AvgIpc) is 2.53. The summed E-state index contributed by atoms with van der Waals surface area (Å²) >= 11 is 4.93. The van der Waals surface area contributed by atoms with Crippen LogP contribution in [0.4, 0.5) is 4.39 Å². The zero-order valence-corrected chi connectivity index (χ0v) is 13.0. The Kier molecular flexibility index (Phi) is 5.37. The second-order valence-corrected chi connectivity index (χ2v) is 5.09. The molecule has 0 bridgehead atoms.